The number of halogens is 1. The van der Waals surface area contributed by atoms with Crippen molar-refractivity contribution in [3.63, 3.8) is 0 Å². The number of amides is 1. The van der Waals surface area contributed by atoms with Crippen LogP contribution < -0.4 is 10.9 Å². The zero-order chi connectivity index (χ0) is 20.4. The predicted molar refractivity (Wildman–Crippen MR) is 112 cm³/mol. The highest BCUT2D eigenvalue weighted by Gasteiger charge is 2.24. The first-order chi connectivity index (χ1) is 14.0. The first-order valence-corrected chi connectivity index (χ1v) is 9.93. The van der Waals surface area contributed by atoms with Gasteiger partial charge in [-0.3, -0.25) is 14.5 Å². The summed E-state index contributed by atoms with van der Waals surface area (Å²) in [6.45, 7) is 4.46. The first-order valence-electron chi connectivity index (χ1n) is 9.93. The van der Waals surface area contributed by atoms with Crippen LogP contribution in [-0.2, 0) is 0 Å². The minimum absolute atomic E-state index is 0.0354. The van der Waals surface area contributed by atoms with Crippen molar-refractivity contribution in [2.24, 2.45) is 0 Å². The molecule has 1 saturated heterocycles. The number of likely N-dealkylation sites (tertiary alicyclic amines) is 1. The smallest absolute Gasteiger partial charge is 0.261 e. The fraction of sp³-hybridized carbons (Fsp3) is 0.304. The van der Waals surface area contributed by atoms with Gasteiger partial charge in [0.2, 0.25) is 0 Å². The van der Waals surface area contributed by atoms with E-state index in [1.54, 1.807) is 6.07 Å². The average molecular weight is 393 g/mol. The van der Waals surface area contributed by atoms with Crippen molar-refractivity contribution in [1.29, 1.82) is 0 Å². The highest BCUT2D eigenvalue weighted by molar-refractivity contribution is 5.97. The summed E-state index contributed by atoms with van der Waals surface area (Å²) in [4.78, 5) is 30.1. The van der Waals surface area contributed by atoms with E-state index in [-0.39, 0.29) is 11.6 Å². The molecule has 0 saturated carbocycles. The number of aromatic nitrogens is 1. The van der Waals surface area contributed by atoms with E-state index in [0.717, 1.165) is 31.5 Å². The Hall–Kier alpha value is -2.99. The molecular formula is C23H24FN3O2. The number of H-pyrrole nitrogens is 1. The largest absolute Gasteiger partial charge is 0.350 e. The van der Waals surface area contributed by atoms with Gasteiger partial charge in [0.05, 0.1) is 11.6 Å². The molecule has 3 aromatic rings. The summed E-state index contributed by atoms with van der Waals surface area (Å²) in [7, 11) is 0. The van der Waals surface area contributed by atoms with E-state index in [1.807, 2.05) is 6.92 Å². The fourth-order valence-corrected chi connectivity index (χ4v) is 3.93. The van der Waals surface area contributed by atoms with E-state index in [0.29, 0.717) is 17.4 Å². The molecule has 1 amide bonds. The first kappa shape index (κ1) is 19.3. The zero-order valence-corrected chi connectivity index (χ0v) is 16.4. The Morgan fingerprint density at radius 3 is 2.59 bits per heavy atom. The standard InChI is InChI=1S/C23H24FN3O2/c1-15-4-6-16(7-5-15)21(27-10-2-3-11-27)14-25-22(28)19-12-17-8-9-18(24)13-20(17)26-23(19)29/h4-9,12-13,21H,2-3,10-11,14H2,1H3,(H,25,28)(H,26,29). The highest BCUT2D eigenvalue weighted by atomic mass is 19.1. The third kappa shape index (κ3) is 4.22. The number of carbonyl (C=O) groups excluding carboxylic acids is 1. The van der Waals surface area contributed by atoms with Gasteiger partial charge < -0.3 is 10.3 Å². The Morgan fingerprint density at radius 2 is 1.86 bits per heavy atom. The normalized spacial score (nSPS) is 15.5. The zero-order valence-electron chi connectivity index (χ0n) is 16.4. The van der Waals surface area contributed by atoms with Crippen molar-refractivity contribution in [3.8, 4) is 0 Å². The van der Waals surface area contributed by atoms with Crippen LogP contribution in [0.5, 0.6) is 0 Å². The quantitative estimate of drug-likeness (QED) is 0.697. The van der Waals surface area contributed by atoms with Crippen LogP contribution in [0.1, 0.15) is 40.4 Å². The Balaban J connectivity index is 1.55. The lowest BCUT2D eigenvalue weighted by Crippen LogP contribution is -2.38. The number of hydrogen-bond acceptors (Lipinski definition) is 3. The highest BCUT2D eigenvalue weighted by Crippen LogP contribution is 2.25. The van der Waals surface area contributed by atoms with Gasteiger partial charge >= 0.3 is 0 Å². The molecule has 29 heavy (non-hydrogen) atoms. The van der Waals surface area contributed by atoms with E-state index in [2.05, 4.69) is 39.5 Å². The SMILES string of the molecule is Cc1ccc(C(CNC(=O)c2cc3ccc(F)cc3[nH]c2=O)N2CCCC2)cc1. The number of fused-ring (bicyclic) bond motifs is 1. The molecule has 2 heterocycles. The molecule has 1 aromatic heterocycles. The van der Waals surface area contributed by atoms with Crippen molar-refractivity contribution in [1.82, 2.24) is 15.2 Å². The molecule has 0 spiro atoms. The third-order valence-electron chi connectivity index (χ3n) is 5.55. The molecule has 2 aromatic carbocycles. The number of benzene rings is 2. The average Bonchev–Trinajstić information content (AvgIpc) is 3.23. The topological polar surface area (TPSA) is 65.2 Å². The maximum absolute atomic E-state index is 13.4. The van der Waals surface area contributed by atoms with Gasteiger partial charge in [0, 0.05) is 6.54 Å². The lowest BCUT2D eigenvalue weighted by Gasteiger charge is -2.28. The van der Waals surface area contributed by atoms with Gasteiger partial charge in [-0.1, -0.05) is 29.8 Å². The van der Waals surface area contributed by atoms with Crippen molar-refractivity contribution in [2.75, 3.05) is 19.6 Å². The molecule has 1 atom stereocenters. The Kier molecular flexibility index (Phi) is 5.45. The van der Waals surface area contributed by atoms with Crippen molar-refractivity contribution in [2.45, 2.75) is 25.8 Å². The van der Waals surface area contributed by atoms with E-state index < -0.39 is 17.3 Å². The van der Waals surface area contributed by atoms with E-state index in [9.17, 15) is 14.0 Å². The second kappa shape index (κ2) is 8.17. The van der Waals surface area contributed by atoms with Crippen LogP contribution >= 0.6 is 0 Å². The number of hydrogen-bond donors (Lipinski definition) is 2. The lowest BCUT2D eigenvalue weighted by atomic mass is 10.0. The minimum atomic E-state index is -0.520. The molecule has 1 unspecified atom stereocenters. The number of aromatic amines is 1. The number of aryl methyl sites for hydroxylation is 1. The molecule has 0 radical (unpaired) electrons. The van der Waals surface area contributed by atoms with Gasteiger partial charge in [0.15, 0.2) is 0 Å². The van der Waals surface area contributed by atoms with E-state index in [1.165, 1.54) is 23.8 Å². The summed E-state index contributed by atoms with van der Waals surface area (Å²) in [5.41, 5.74) is 2.24. The van der Waals surface area contributed by atoms with Gasteiger partial charge in [0.1, 0.15) is 11.4 Å². The molecule has 0 bridgehead atoms. The van der Waals surface area contributed by atoms with Crippen LogP contribution in [-0.4, -0.2) is 35.4 Å². The van der Waals surface area contributed by atoms with Crippen LogP contribution in [0.15, 0.2) is 53.3 Å². The Bertz CT molecular complexity index is 1090. The van der Waals surface area contributed by atoms with Crippen LogP contribution in [0.3, 0.4) is 0 Å². The predicted octanol–water partition coefficient (Wildman–Crippen LogP) is 3.54. The van der Waals surface area contributed by atoms with Crippen molar-refractivity contribution < 1.29 is 9.18 Å². The van der Waals surface area contributed by atoms with Gasteiger partial charge in [-0.2, -0.15) is 0 Å². The summed E-state index contributed by atoms with van der Waals surface area (Å²) in [5, 5.41) is 3.55. The second-order valence-electron chi connectivity index (χ2n) is 7.62. The summed E-state index contributed by atoms with van der Waals surface area (Å²) in [6, 6.07) is 14.0. The van der Waals surface area contributed by atoms with Gasteiger partial charge in [-0.15, -0.1) is 0 Å². The Morgan fingerprint density at radius 1 is 1.14 bits per heavy atom. The van der Waals surface area contributed by atoms with Crippen molar-refractivity contribution in [3.05, 3.63) is 81.4 Å². The summed E-state index contributed by atoms with van der Waals surface area (Å²) < 4.78 is 13.4. The molecule has 1 aliphatic heterocycles. The van der Waals surface area contributed by atoms with E-state index in [4.69, 9.17) is 0 Å². The van der Waals surface area contributed by atoms with E-state index >= 15 is 0 Å². The number of rotatable bonds is 5. The van der Waals surface area contributed by atoms with Crippen LogP contribution in [0.2, 0.25) is 0 Å². The summed E-state index contributed by atoms with van der Waals surface area (Å²) >= 11 is 0. The molecule has 1 fully saturated rings. The molecule has 2 N–H and O–H groups in total. The van der Waals surface area contributed by atoms with Gasteiger partial charge in [-0.25, -0.2) is 4.39 Å². The lowest BCUT2D eigenvalue weighted by molar-refractivity contribution is 0.0936. The maximum atomic E-state index is 13.4. The maximum Gasteiger partial charge on any atom is 0.261 e. The number of pyridine rings is 1. The molecule has 0 aliphatic carbocycles. The number of carbonyl (C=O) groups is 1. The van der Waals surface area contributed by atoms with Crippen LogP contribution in [0, 0.1) is 12.7 Å². The third-order valence-corrected chi connectivity index (χ3v) is 5.55. The number of nitrogens with one attached hydrogen (secondary N) is 2. The van der Waals surface area contributed by atoms with Crippen LogP contribution in [0.25, 0.3) is 10.9 Å². The summed E-state index contributed by atoms with van der Waals surface area (Å²) in [5.74, 6) is -0.856. The molecule has 6 heteroatoms. The molecule has 150 valence electrons. The number of nitrogens with zero attached hydrogens (tertiary/aromatic N) is 1. The molecular weight excluding hydrogens is 369 g/mol. The monoisotopic (exact) mass is 393 g/mol. The van der Waals surface area contributed by atoms with Gasteiger partial charge in [0.25, 0.3) is 11.5 Å². The van der Waals surface area contributed by atoms with Crippen LogP contribution in [0.4, 0.5) is 4.39 Å². The fourth-order valence-electron chi connectivity index (χ4n) is 3.93. The second-order valence-corrected chi connectivity index (χ2v) is 7.62. The van der Waals surface area contributed by atoms with Crippen molar-refractivity contribution >= 4 is 16.8 Å². The van der Waals surface area contributed by atoms with Gasteiger partial charge in [-0.05, 0) is 68.1 Å². The minimum Gasteiger partial charge on any atom is -0.350 e. The molecule has 4 rings (SSSR count). The summed E-state index contributed by atoms with van der Waals surface area (Å²) in [6.07, 6.45) is 2.30. The Labute approximate surface area is 168 Å². The molecule has 1 aliphatic rings. The molecule has 5 nitrogen and oxygen atoms in total.